The summed E-state index contributed by atoms with van der Waals surface area (Å²) in [6.07, 6.45) is 1.40. The number of fused-ring (bicyclic) bond motifs is 4. The summed E-state index contributed by atoms with van der Waals surface area (Å²) >= 11 is 5.72. The van der Waals surface area contributed by atoms with Crippen molar-refractivity contribution in [3.05, 3.63) is 70.1 Å². The van der Waals surface area contributed by atoms with Gasteiger partial charge in [-0.2, -0.15) is 0 Å². The molecule has 2 aliphatic rings. The molecule has 30 heavy (non-hydrogen) atoms. The third-order valence-corrected chi connectivity index (χ3v) is 6.58. The first kappa shape index (κ1) is 20.6. The Morgan fingerprint density at radius 2 is 1.97 bits per heavy atom. The van der Waals surface area contributed by atoms with Crippen LogP contribution < -0.4 is 10.9 Å². The summed E-state index contributed by atoms with van der Waals surface area (Å²) in [6, 6.07) is 15.5. The predicted octanol–water partition coefficient (Wildman–Crippen LogP) is 2.49. The van der Waals surface area contributed by atoms with Crippen LogP contribution in [-0.2, 0) is 16.1 Å². The number of nitrogens with one attached hydrogen (secondary N) is 1. The van der Waals surface area contributed by atoms with Crippen LogP contribution in [0.25, 0.3) is 0 Å². The summed E-state index contributed by atoms with van der Waals surface area (Å²) in [5, 5.41) is 4.10. The lowest BCUT2D eigenvalue weighted by atomic mass is 9.83. The molecule has 2 bridgehead atoms. The number of likely N-dealkylation sites (tertiary alicyclic amines) is 1. The van der Waals surface area contributed by atoms with Gasteiger partial charge in [0.1, 0.15) is 0 Å². The van der Waals surface area contributed by atoms with Gasteiger partial charge in [0.2, 0.25) is 0 Å². The Labute approximate surface area is 181 Å². The molecule has 2 aromatic rings. The number of esters is 1. The van der Waals surface area contributed by atoms with Crippen LogP contribution in [0.3, 0.4) is 0 Å². The Hall–Kier alpha value is -2.67. The maximum Gasteiger partial charge on any atom is 0.306 e. The molecule has 2 aliphatic heterocycles. The largest absolute Gasteiger partial charge is 0.469 e. The van der Waals surface area contributed by atoms with Crippen molar-refractivity contribution < 1.29 is 9.53 Å². The summed E-state index contributed by atoms with van der Waals surface area (Å²) < 4.78 is 6.81. The Bertz CT molecular complexity index is 975. The van der Waals surface area contributed by atoms with E-state index in [9.17, 15) is 9.59 Å². The summed E-state index contributed by atoms with van der Waals surface area (Å²) in [6.45, 7) is 2.97. The number of carbonyl (C=O) groups is 1. The number of hydrogen-bond donors (Lipinski definition) is 1. The number of pyridine rings is 1. The summed E-state index contributed by atoms with van der Waals surface area (Å²) in [5.74, 6) is 0.480. The minimum Gasteiger partial charge on any atom is -0.469 e. The number of nitrogens with zero attached hydrogens (tertiary/aromatic N) is 2. The van der Waals surface area contributed by atoms with E-state index in [0.29, 0.717) is 29.9 Å². The number of ether oxygens (including phenoxy) is 1. The topological polar surface area (TPSA) is 63.6 Å². The van der Waals surface area contributed by atoms with E-state index in [1.54, 1.807) is 6.07 Å². The molecule has 1 aromatic heterocycles. The highest BCUT2D eigenvalue weighted by atomic mass is 32.1. The van der Waals surface area contributed by atoms with E-state index in [0.717, 1.165) is 37.3 Å². The Kier molecular flexibility index (Phi) is 6.18. The molecular weight excluding hydrogens is 398 g/mol. The average Bonchev–Trinajstić information content (AvgIpc) is 2.77. The third-order valence-electron chi connectivity index (χ3n) is 6.18. The number of methoxy groups -OCH3 is 1. The fraction of sp³-hybridized carbons (Fsp3) is 0.435. The molecule has 1 fully saturated rings. The number of hydrogen-bond acceptors (Lipinski definition) is 4. The average molecular weight is 426 g/mol. The minimum absolute atomic E-state index is 0.0137. The van der Waals surface area contributed by atoms with E-state index in [2.05, 4.69) is 16.3 Å². The molecular formula is C23H27N3O3S. The van der Waals surface area contributed by atoms with Crippen molar-refractivity contribution in [2.75, 3.05) is 26.7 Å². The third kappa shape index (κ3) is 4.41. The van der Waals surface area contributed by atoms with Crippen LogP contribution in [0, 0.1) is 5.92 Å². The predicted molar refractivity (Wildman–Crippen MR) is 120 cm³/mol. The fourth-order valence-electron chi connectivity index (χ4n) is 4.70. The van der Waals surface area contributed by atoms with Crippen LogP contribution in [0.2, 0.25) is 0 Å². The summed E-state index contributed by atoms with van der Waals surface area (Å²) in [7, 11) is 1.41. The van der Waals surface area contributed by atoms with Gasteiger partial charge in [0.05, 0.1) is 13.5 Å². The monoisotopic (exact) mass is 425 g/mol. The van der Waals surface area contributed by atoms with E-state index in [1.807, 2.05) is 41.0 Å². The van der Waals surface area contributed by atoms with Gasteiger partial charge in [-0.05, 0) is 36.2 Å². The van der Waals surface area contributed by atoms with Crippen molar-refractivity contribution in [1.82, 2.24) is 14.8 Å². The zero-order valence-electron chi connectivity index (χ0n) is 17.1. The highest BCUT2D eigenvalue weighted by Crippen LogP contribution is 2.35. The Morgan fingerprint density at radius 3 is 2.73 bits per heavy atom. The summed E-state index contributed by atoms with van der Waals surface area (Å²) in [4.78, 5) is 26.3. The molecule has 6 nitrogen and oxygen atoms in total. The van der Waals surface area contributed by atoms with E-state index in [1.165, 1.54) is 7.11 Å². The molecule has 1 N–H and O–H groups in total. The van der Waals surface area contributed by atoms with Crippen molar-refractivity contribution in [2.24, 2.45) is 5.92 Å². The van der Waals surface area contributed by atoms with Gasteiger partial charge in [0.25, 0.3) is 5.56 Å². The van der Waals surface area contributed by atoms with E-state index in [4.69, 9.17) is 17.0 Å². The van der Waals surface area contributed by atoms with Crippen LogP contribution in [0.15, 0.2) is 53.3 Å². The van der Waals surface area contributed by atoms with Gasteiger partial charge in [-0.15, -0.1) is 0 Å². The molecule has 3 unspecified atom stereocenters. The smallest absolute Gasteiger partial charge is 0.306 e. The number of rotatable bonds is 5. The molecule has 0 amide bonds. The SMILES string of the molecule is COC(=O)CC(CNC(=S)N1CC2CC(C1)c1cccc(=O)n1C2)c1ccccc1. The first-order chi connectivity index (χ1) is 14.5. The standard InChI is InChI=1S/C23H27N3O3S/c1-29-22(28)11-18(17-6-3-2-4-7-17)12-24-23(30)25-13-16-10-19(15-25)20-8-5-9-21(27)26(20)14-16/h2-9,16,18-19H,10-15H2,1H3,(H,24,30). The van der Waals surface area contributed by atoms with Gasteiger partial charge in [-0.1, -0.05) is 36.4 Å². The molecule has 0 aliphatic carbocycles. The van der Waals surface area contributed by atoms with Crippen molar-refractivity contribution in [2.45, 2.75) is 31.2 Å². The van der Waals surface area contributed by atoms with Gasteiger partial charge in [-0.25, -0.2) is 0 Å². The number of piperidine rings is 1. The molecule has 3 atom stereocenters. The first-order valence-electron chi connectivity index (χ1n) is 10.4. The van der Waals surface area contributed by atoms with Crippen LogP contribution in [0.4, 0.5) is 0 Å². The molecule has 158 valence electrons. The Balaban J connectivity index is 1.42. The molecule has 3 heterocycles. The maximum absolute atomic E-state index is 12.2. The number of aromatic nitrogens is 1. The van der Waals surface area contributed by atoms with Crippen molar-refractivity contribution >= 4 is 23.3 Å². The second-order valence-corrected chi connectivity index (χ2v) is 8.56. The molecule has 0 radical (unpaired) electrons. The van der Waals surface area contributed by atoms with Crippen LogP contribution in [0.1, 0.15) is 35.9 Å². The molecule has 1 saturated heterocycles. The molecule has 0 saturated carbocycles. The lowest BCUT2D eigenvalue weighted by molar-refractivity contribution is -0.141. The first-order valence-corrected chi connectivity index (χ1v) is 10.8. The lowest BCUT2D eigenvalue weighted by Crippen LogP contribution is -2.52. The zero-order chi connectivity index (χ0) is 21.1. The van der Waals surface area contributed by atoms with Crippen LogP contribution in [0.5, 0.6) is 0 Å². The van der Waals surface area contributed by atoms with E-state index in [-0.39, 0.29) is 17.4 Å². The van der Waals surface area contributed by atoms with E-state index >= 15 is 0 Å². The van der Waals surface area contributed by atoms with Crippen LogP contribution >= 0.6 is 12.2 Å². The normalized spacial score (nSPS) is 20.8. The highest BCUT2D eigenvalue weighted by molar-refractivity contribution is 7.80. The quantitative estimate of drug-likeness (QED) is 0.587. The zero-order valence-corrected chi connectivity index (χ0v) is 17.9. The van der Waals surface area contributed by atoms with Crippen LogP contribution in [-0.4, -0.2) is 47.3 Å². The minimum atomic E-state index is -0.230. The van der Waals surface area contributed by atoms with E-state index < -0.39 is 0 Å². The molecule has 1 aromatic carbocycles. The molecule has 0 spiro atoms. The number of thiocarbonyl (C=S) groups is 1. The lowest BCUT2D eigenvalue weighted by Gasteiger charge is -2.43. The highest BCUT2D eigenvalue weighted by Gasteiger charge is 2.35. The number of carbonyl (C=O) groups excluding carboxylic acids is 1. The van der Waals surface area contributed by atoms with Gasteiger partial charge in [0.15, 0.2) is 5.11 Å². The van der Waals surface area contributed by atoms with Gasteiger partial charge in [-0.3, -0.25) is 9.59 Å². The van der Waals surface area contributed by atoms with Gasteiger partial charge in [0, 0.05) is 49.8 Å². The second-order valence-electron chi connectivity index (χ2n) is 8.18. The second kappa shape index (κ2) is 9.00. The van der Waals surface area contributed by atoms with Crippen molar-refractivity contribution in [3.63, 3.8) is 0 Å². The Morgan fingerprint density at radius 1 is 1.17 bits per heavy atom. The van der Waals surface area contributed by atoms with Gasteiger partial charge >= 0.3 is 5.97 Å². The molecule has 4 rings (SSSR count). The fourth-order valence-corrected chi connectivity index (χ4v) is 4.93. The summed E-state index contributed by atoms with van der Waals surface area (Å²) in [5.41, 5.74) is 2.28. The van der Waals surface area contributed by atoms with Crippen molar-refractivity contribution in [3.8, 4) is 0 Å². The molecule has 7 heteroatoms. The maximum atomic E-state index is 12.2. The number of benzene rings is 1. The van der Waals surface area contributed by atoms with Crippen molar-refractivity contribution in [1.29, 1.82) is 0 Å². The van der Waals surface area contributed by atoms with Gasteiger partial charge < -0.3 is 19.5 Å².